The van der Waals surface area contributed by atoms with Crippen LogP contribution in [0.15, 0.2) is 18.2 Å². The Morgan fingerprint density at radius 1 is 1.24 bits per heavy atom. The molecule has 0 saturated carbocycles. The van der Waals surface area contributed by atoms with Crippen molar-refractivity contribution in [1.29, 1.82) is 0 Å². The number of halogens is 1. The molecule has 1 aliphatic heterocycles. The van der Waals surface area contributed by atoms with Gasteiger partial charge in [0.15, 0.2) is 11.5 Å². The molecule has 1 fully saturated rings. The lowest BCUT2D eigenvalue weighted by Gasteiger charge is -2.33. The number of amides is 2. The van der Waals surface area contributed by atoms with E-state index in [-0.39, 0.29) is 17.9 Å². The van der Waals surface area contributed by atoms with Gasteiger partial charge in [0.05, 0.1) is 25.3 Å². The van der Waals surface area contributed by atoms with Gasteiger partial charge in [0.25, 0.3) is 0 Å². The molecule has 0 radical (unpaired) electrons. The summed E-state index contributed by atoms with van der Waals surface area (Å²) in [6, 6.07) is 3.66. The average molecular weight is 424 g/mol. The Morgan fingerprint density at radius 2 is 1.93 bits per heavy atom. The van der Waals surface area contributed by atoms with Crippen LogP contribution >= 0.6 is 11.6 Å². The summed E-state index contributed by atoms with van der Waals surface area (Å²) < 4.78 is 10.8. The zero-order chi connectivity index (χ0) is 21.4. The molecule has 29 heavy (non-hydrogen) atoms. The molecule has 1 N–H and O–H groups in total. The molecule has 1 aliphatic rings. The number of carbonyl (C=O) groups is 2. The molecular formula is C21H30ClN3O4. The first kappa shape index (κ1) is 23.0. The SMILES string of the molecule is CCOc1cc(/C=C/C(=O)N2CCN(CC(=O)NC(C)C)CC2)cc(Cl)c1OC. The average Bonchev–Trinajstić information content (AvgIpc) is 2.66. The molecule has 2 rings (SSSR count). The van der Waals surface area contributed by atoms with Crippen LogP contribution in [0.3, 0.4) is 0 Å². The molecule has 1 saturated heterocycles. The van der Waals surface area contributed by atoms with Gasteiger partial charge in [0.2, 0.25) is 11.8 Å². The van der Waals surface area contributed by atoms with E-state index in [1.807, 2.05) is 20.8 Å². The number of hydrogen-bond donors (Lipinski definition) is 1. The molecule has 0 aliphatic carbocycles. The summed E-state index contributed by atoms with van der Waals surface area (Å²) in [6.07, 6.45) is 3.26. The van der Waals surface area contributed by atoms with Gasteiger partial charge < -0.3 is 19.7 Å². The first-order valence-electron chi connectivity index (χ1n) is 9.83. The molecule has 1 aromatic carbocycles. The van der Waals surface area contributed by atoms with Crippen LogP contribution in [0.2, 0.25) is 5.02 Å². The monoisotopic (exact) mass is 423 g/mol. The molecule has 1 aromatic rings. The van der Waals surface area contributed by atoms with Crippen LogP contribution in [-0.4, -0.2) is 74.1 Å². The summed E-state index contributed by atoms with van der Waals surface area (Å²) in [5.41, 5.74) is 0.761. The van der Waals surface area contributed by atoms with Crippen molar-refractivity contribution in [3.63, 3.8) is 0 Å². The number of carbonyl (C=O) groups excluding carboxylic acids is 2. The number of hydrogen-bond acceptors (Lipinski definition) is 5. The lowest BCUT2D eigenvalue weighted by molar-refractivity contribution is -0.128. The van der Waals surface area contributed by atoms with Crippen molar-refractivity contribution in [2.75, 3.05) is 46.4 Å². The molecule has 1 heterocycles. The fraction of sp³-hybridized carbons (Fsp3) is 0.524. The lowest BCUT2D eigenvalue weighted by Crippen LogP contribution is -2.51. The van der Waals surface area contributed by atoms with Crippen molar-refractivity contribution in [1.82, 2.24) is 15.1 Å². The fourth-order valence-electron chi connectivity index (χ4n) is 3.12. The quantitative estimate of drug-likeness (QED) is 0.650. The maximum absolute atomic E-state index is 12.5. The topological polar surface area (TPSA) is 71.1 Å². The Labute approximate surface area is 177 Å². The molecule has 0 spiro atoms. The van der Waals surface area contributed by atoms with E-state index in [0.29, 0.717) is 55.9 Å². The van der Waals surface area contributed by atoms with Crippen molar-refractivity contribution >= 4 is 29.5 Å². The third-order valence-electron chi connectivity index (χ3n) is 4.46. The Hall–Kier alpha value is -2.25. The first-order valence-corrected chi connectivity index (χ1v) is 10.2. The van der Waals surface area contributed by atoms with E-state index in [4.69, 9.17) is 21.1 Å². The minimum absolute atomic E-state index is 0.0150. The van der Waals surface area contributed by atoms with Gasteiger partial charge in [0, 0.05) is 38.3 Å². The molecule has 0 aromatic heterocycles. The molecular weight excluding hydrogens is 394 g/mol. The molecule has 0 bridgehead atoms. The highest BCUT2D eigenvalue weighted by atomic mass is 35.5. The number of benzene rings is 1. The van der Waals surface area contributed by atoms with E-state index >= 15 is 0 Å². The molecule has 0 atom stereocenters. The van der Waals surface area contributed by atoms with Crippen LogP contribution in [-0.2, 0) is 9.59 Å². The zero-order valence-electron chi connectivity index (χ0n) is 17.5. The maximum Gasteiger partial charge on any atom is 0.246 e. The third kappa shape index (κ3) is 6.94. The van der Waals surface area contributed by atoms with Gasteiger partial charge in [-0.3, -0.25) is 14.5 Å². The van der Waals surface area contributed by atoms with E-state index in [0.717, 1.165) is 5.56 Å². The molecule has 160 valence electrons. The van der Waals surface area contributed by atoms with Gasteiger partial charge in [-0.1, -0.05) is 11.6 Å². The number of rotatable bonds is 8. The highest BCUT2D eigenvalue weighted by molar-refractivity contribution is 6.32. The van der Waals surface area contributed by atoms with E-state index < -0.39 is 0 Å². The van der Waals surface area contributed by atoms with Crippen LogP contribution < -0.4 is 14.8 Å². The Balaban J connectivity index is 1.92. The summed E-state index contributed by atoms with van der Waals surface area (Å²) in [6.45, 7) is 9.13. The summed E-state index contributed by atoms with van der Waals surface area (Å²) in [5.74, 6) is 0.972. The lowest BCUT2D eigenvalue weighted by atomic mass is 10.1. The minimum Gasteiger partial charge on any atom is -0.491 e. The second-order valence-electron chi connectivity index (χ2n) is 7.12. The largest absolute Gasteiger partial charge is 0.491 e. The summed E-state index contributed by atoms with van der Waals surface area (Å²) in [7, 11) is 1.54. The predicted octanol–water partition coefficient (Wildman–Crippen LogP) is 2.43. The molecule has 2 amide bonds. The number of piperazine rings is 1. The van der Waals surface area contributed by atoms with Gasteiger partial charge in [-0.05, 0) is 44.5 Å². The van der Waals surface area contributed by atoms with Gasteiger partial charge in [-0.25, -0.2) is 0 Å². The molecule has 7 nitrogen and oxygen atoms in total. The summed E-state index contributed by atoms with van der Waals surface area (Å²) in [4.78, 5) is 28.2. The van der Waals surface area contributed by atoms with Crippen LogP contribution in [0, 0.1) is 0 Å². The van der Waals surface area contributed by atoms with E-state index in [9.17, 15) is 9.59 Å². The number of methoxy groups -OCH3 is 1. The summed E-state index contributed by atoms with van der Waals surface area (Å²) in [5, 5.41) is 3.32. The highest BCUT2D eigenvalue weighted by Gasteiger charge is 2.21. The highest BCUT2D eigenvalue weighted by Crippen LogP contribution is 2.36. The van der Waals surface area contributed by atoms with E-state index in [1.165, 1.54) is 13.2 Å². The molecule has 0 unspecified atom stereocenters. The Kier molecular flexibility index (Phi) is 8.79. The summed E-state index contributed by atoms with van der Waals surface area (Å²) >= 11 is 6.25. The number of nitrogens with one attached hydrogen (secondary N) is 1. The van der Waals surface area contributed by atoms with Crippen molar-refractivity contribution in [2.45, 2.75) is 26.8 Å². The van der Waals surface area contributed by atoms with Crippen molar-refractivity contribution in [3.8, 4) is 11.5 Å². The first-order chi connectivity index (χ1) is 13.8. The standard InChI is InChI=1S/C21H30ClN3O4/c1-5-29-18-13-16(12-17(22)21(18)28-4)6-7-20(27)25-10-8-24(9-11-25)14-19(26)23-15(2)3/h6-7,12-13,15H,5,8-11,14H2,1-4H3,(H,23,26)/b7-6+. The van der Waals surface area contributed by atoms with E-state index in [2.05, 4.69) is 10.2 Å². The van der Waals surface area contributed by atoms with Crippen LogP contribution in [0.5, 0.6) is 11.5 Å². The Bertz CT molecular complexity index is 744. The fourth-order valence-corrected chi connectivity index (χ4v) is 3.41. The normalized spacial score (nSPS) is 15.0. The predicted molar refractivity (Wildman–Crippen MR) is 115 cm³/mol. The minimum atomic E-state index is -0.0683. The van der Waals surface area contributed by atoms with Crippen LogP contribution in [0.4, 0.5) is 0 Å². The van der Waals surface area contributed by atoms with E-state index in [1.54, 1.807) is 23.1 Å². The van der Waals surface area contributed by atoms with Crippen molar-refractivity contribution < 1.29 is 19.1 Å². The van der Waals surface area contributed by atoms with Gasteiger partial charge >= 0.3 is 0 Å². The smallest absolute Gasteiger partial charge is 0.246 e. The zero-order valence-corrected chi connectivity index (χ0v) is 18.3. The van der Waals surface area contributed by atoms with Gasteiger partial charge in [-0.15, -0.1) is 0 Å². The number of nitrogens with zero attached hydrogens (tertiary/aromatic N) is 2. The van der Waals surface area contributed by atoms with Gasteiger partial charge in [-0.2, -0.15) is 0 Å². The van der Waals surface area contributed by atoms with Crippen LogP contribution in [0.25, 0.3) is 6.08 Å². The number of ether oxygens (including phenoxy) is 2. The third-order valence-corrected chi connectivity index (χ3v) is 4.74. The molecule has 8 heteroatoms. The van der Waals surface area contributed by atoms with Gasteiger partial charge in [0.1, 0.15) is 0 Å². The van der Waals surface area contributed by atoms with Crippen LogP contribution in [0.1, 0.15) is 26.3 Å². The maximum atomic E-state index is 12.5. The second kappa shape index (κ2) is 11.1. The van der Waals surface area contributed by atoms with Crippen molar-refractivity contribution in [3.05, 3.63) is 28.8 Å². The van der Waals surface area contributed by atoms with Crippen molar-refractivity contribution in [2.24, 2.45) is 0 Å². The second-order valence-corrected chi connectivity index (χ2v) is 7.53. The Morgan fingerprint density at radius 3 is 2.52 bits per heavy atom.